The molecule has 1 aromatic rings. The number of nitrogens with one attached hydrogen (secondary N) is 1. The quantitative estimate of drug-likeness (QED) is 0.867. The third-order valence-electron chi connectivity index (χ3n) is 3.59. The zero-order valence-corrected chi connectivity index (χ0v) is 12.6. The lowest BCUT2D eigenvalue weighted by Crippen LogP contribution is -2.46. The van der Waals surface area contributed by atoms with E-state index in [2.05, 4.69) is 5.32 Å². The van der Waals surface area contributed by atoms with E-state index >= 15 is 0 Å². The SMILES string of the molecule is CC(C)=CC(=O)N1CCC(NC(=O)c2ccccc2)CC1. The number of carbonyl (C=O) groups excluding carboxylic acids is 2. The Kier molecular flexibility index (Phi) is 5.14. The Morgan fingerprint density at radius 1 is 1.14 bits per heavy atom. The molecule has 0 unspecified atom stereocenters. The minimum Gasteiger partial charge on any atom is -0.349 e. The van der Waals surface area contributed by atoms with Gasteiger partial charge < -0.3 is 10.2 Å². The van der Waals surface area contributed by atoms with E-state index in [1.165, 1.54) is 0 Å². The lowest BCUT2D eigenvalue weighted by Gasteiger charge is -2.31. The van der Waals surface area contributed by atoms with Gasteiger partial charge in [-0.3, -0.25) is 9.59 Å². The van der Waals surface area contributed by atoms with Crippen LogP contribution in [0.1, 0.15) is 37.0 Å². The Hall–Kier alpha value is -2.10. The molecular weight excluding hydrogens is 264 g/mol. The maximum atomic E-state index is 12.1. The van der Waals surface area contributed by atoms with E-state index in [0.717, 1.165) is 18.4 Å². The zero-order valence-electron chi connectivity index (χ0n) is 12.6. The highest BCUT2D eigenvalue weighted by atomic mass is 16.2. The van der Waals surface area contributed by atoms with Crippen molar-refractivity contribution in [2.75, 3.05) is 13.1 Å². The maximum Gasteiger partial charge on any atom is 0.251 e. The lowest BCUT2D eigenvalue weighted by molar-refractivity contribution is -0.127. The first-order chi connectivity index (χ1) is 10.1. The molecule has 4 nitrogen and oxygen atoms in total. The van der Waals surface area contributed by atoms with Crippen molar-refractivity contribution < 1.29 is 9.59 Å². The predicted molar refractivity (Wildman–Crippen MR) is 82.9 cm³/mol. The first kappa shape index (κ1) is 15.3. The molecule has 1 fully saturated rings. The summed E-state index contributed by atoms with van der Waals surface area (Å²) in [5, 5.41) is 3.04. The van der Waals surface area contributed by atoms with Gasteiger partial charge in [-0.1, -0.05) is 23.8 Å². The maximum absolute atomic E-state index is 12.1. The Labute approximate surface area is 125 Å². The summed E-state index contributed by atoms with van der Waals surface area (Å²) in [5.41, 5.74) is 1.69. The highest BCUT2D eigenvalue weighted by Crippen LogP contribution is 2.12. The second-order valence-corrected chi connectivity index (χ2v) is 5.66. The van der Waals surface area contributed by atoms with E-state index in [1.54, 1.807) is 6.08 Å². The molecule has 21 heavy (non-hydrogen) atoms. The van der Waals surface area contributed by atoms with Crippen LogP contribution < -0.4 is 5.32 Å². The number of hydrogen-bond acceptors (Lipinski definition) is 2. The van der Waals surface area contributed by atoms with Crippen LogP contribution in [0.15, 0.2) is 42.0 Å². The largest absolute Gasteiger partial charge is 0.349 e. The summed E-state index contributed by atoms with van der Waals surface area (Å²) in [7, 11) is 0. The van der Waals surface area contributed by atoms with Crippen molar-refractivity contribution in [3.63, 3.8) is 0 Å². The Morgan fingerprint density at radius 3 is 2.33 bits per heavy atom. The van der Waals surface area contributed by atoms with Crippen molar-refractivity contribution >= 4 is 11.8 Å². The van der Waals surface area contributed by atoms with Crippen molar-refractivity contribution in [1.29, 1.82) is 0 Å². The van der Waals surface area contributed by atoms with Gasteiger partial charge in [0.15, 0.2) is 0 Å². The summed E-state index contributed by atoms with van der Waals surface area (Å²) >= 11 is 0. The summed E-state index contributed by atoms with van der Waals surface area (Å²) < 4.78 is 0. The van der Waals surface area contributed by atoms with Crippen molar-refractivity contribution in [3.8, 4) is 0 Å². The van der Waals surface area contributed by atoms with E-state index in [9.17, 15) is 9.59 Å². The minimum atomic E-state index is -0.0373. The second kappa shape index (κ2) is 7.07. The molecule has 0 spiro atoms. The second-order valence-electron chi connectivity index (χ2n) is 5.66. The average molecular weight is 286 g/mol. The van der Waals surface area contributed by atoms with Crippen molar-refractivity contribution in [1.82, 2.24) is 10.2 Å². The van der Waals surface area contributed by atoms with E-state index in [0.29, 0.717) is 18.7 Å². The summed E-state index contributed by atoms with van der Waals surface area (Å²) in [4.78, 5) is 25.8. The Morgan fingerprint density at radius 2 is 1.76 bits per heavy atom. The molecule has 0 bridgehead atoms. The molecule has 2 rings (SSSR count). The summed E-state index contributed by atoms with van der Waals surface area (Å²) in [6.07, 6.45) is 3.28. The number of nitrogens with zero attached hydrogens (tertiary/aromatic N) is 1. The van der Waals surface area contributed by atoms with Gasteiger partial charge in [0.2, 0.25) is 5.91 Å². The topological polar surface area (TPSA) is 49.4 Å². The van der Waals surface area contributed by atoms with E-state index in [4.69, 9.17) is 0 Å². The fraction of sp³-hybridized carbons (Fsp3) is 0.412. The normalized spacial score (nSPS) is 15.4. The molecule has 0 radical (unpaired) electrons. The van der Waals surface area contributed by atoms with Crippen LogP contribution >= 0.6 is 0 Å². The van der Waals surface area contributed by atoms with Gasteiger partial charge in [-0.05, 0) is 38.8 Å². The number of carbonyl (C=O) groups is 2. The molecule has 1 saturated heterocycles. The molecule has 0 aliphatic carbocycles. The molecule has 4 heteroatoms. The highest BCUT2D eigenvalue weighted by molar-refractivity contribution is 5.94. The third kappa shape index (κ3) is 4.45. The van der Waals surface area contributed by atoms with Crippen LogP contribution in [-0.2, 0) is 4.79 Å². The number of hydrogen-bond donors (Lipinski definition) is 1. The van der Waals surface area contributed by atoms with Crippen LogP contribution in [0.25, 0.3) is 0 Å². The van der Waals surface area contributed by atoms with E-state index in [1.807, 2.05) is 49.1 Å². The first-order valence-electron chi connectivity index (χ1n) is 7.36. The van der Waals surface area contributed by atoms with Crippen molar-refractivity contribution in [3.05, 3.63) is 47.5 Å². The summed E-state index contributed by atoms with van der Waals surface area (Å²) in [6, 6.07) is 9.37. The van der Waals surface area contributed by atoms with Crippen LogP contribution in [-0.4, -0.2) is 35.8 Å². The third-order valence-corrected chi connectivity index (χ3v) is 3.59. The molecule has 1 aromatic carbocycles. The fourth-order valence-corrected chi connectivity index (χ4v) is 2.44. The predicted octanol–water partition coefficient (Wildman–Crippen LogP) is 2.37. The van der Waals surface area contributed by atoms with Crippen LogP contribution in [0.4, 0.5) is 0 Å². The molecular formula is C17H22N2O2. The molecule has 1 aliphatic rings. The number of benzene rings is 1. The van der Waals surface area contributed by atoms with Crippen LogP contribution in [0.5, 0.6) is 0 Å². The summed E-state index contributed by atoms with van der Waals surface area (Å²) in [5.74, 6) is 0.0347. The number of rotatable bonds is 3. The minimum absolute atomic E-state index is 0.0373. The van der Waals surface area contributed by atoms with Crippen molar-refractivity contribution in [2.24, 2.45) is 0 Å². The molecule has 1 heterocycles. The monoisotopic (exact) mass is 286 g/mol. The first-order valence-corrected chi connectivity index (χ1v) is 7.36. The number of piperidine rings is 1. The molecule has 1 N–H and O–H groups in total. The van der Waals surface area contributed by atoms with E-state index < -0.39 is 0 Å². The van der Waals surface area contributed by atoms with Gasteiger partial charge in [-0.25, -0.2) is 0 Å². The number of allylic oxidation sites excluding steroid dienone is 1. The molecule has 1 aliphatic heterocycles. The van der Waals surface area contributed by atoms with Gasteiger partial charge in [0.25, 0.3) is 5.91 Å². The van der Waals surface area contributed by atoms with Crippen LogP contribution in [0.3, 0.4) is 0 Å². The van der Waals surface area contributed by atoms with Crippen molar-refractivity contribution in [2.45, 2.75) is 32.7 Å². The Bertz CT molecular complexity index is 525. The van der Waals surface area contributed by atoms with Gasteiger partial charge in [-0.2, -0.15) is 0 Å². The molecule has 112 valence electrons. The Balaban J connectivity index is 1.83. The van der Waals surface area contributed by atoms with E-state index in [-0.39, 0.29) is 17.9 Å². The highest BCUT2D eigenvalue weighted by Gasteiger charge is 2.23. The van der Waals surface area contributed by atoms with Crippen LogP contribution in [0.2, 0.25) is 0 Å². The van der Waals surface area contributed by atoms with Gasteiger partial charge in [0, 0.05) is 30.8 Å². The van der Waals surface area contributed by atoms with Gasteiger partial charge in [0.1, 0.15) is 0 Å². The number of amides is 2. The average Bonchev–Trinajstić information content (AvgIpc) is 2.48. The lowest BCUT2D eigenvalue weighted by atomic mass is 10.0. The smallest absolute Gasteiger partial charge is 0.251 e. The van der Waals surface area contributed by atoms with Gasteiger partial charge in [-0.15, -0.1) is 0 Å². The van der Waals surface area contributed by atoms with Gasteiger partial charge >= 0.3 is 0 Å². The zero-order chi connectivity index (χ0) is 15.2. The molecule has 0 saturated carbocycles. The fourth-order valence-electron chi connectivity index (χ4n) is 2.44. The summed E-state index contributed by atoms with van der Waals surface area (Å²) in [6.45, 7) is 5.24. The molecule has 0 atom stereocenters. The van der Waals surface area contributed by atoms with Gasteiger partial charge in [0.05, 0.1) is 0 Å². The molecule has 0 aromatic heterocycles. The molecule has 2 amide bonds. The van der Waals surface area contributed by atoms with Crippen LogP contribution in [0, 0.1) is 0 Å². The standard InChI is InChI=1S/C17H22N2O2/c1-13(2)12-16(20)19-10-8-15(9-11-19)18-17(21)14-6-4-3-5-7-14/h3-7,12,15H,8-11H2,1-2H3,(H,18,21). The number of likely N-dealkylation sites (tertiary alicyclic amines) is 1.